The largest absolute Gasteiger partial charge is 0.366 e. The molecule has 0 atom stereocenters. The van der Waals surface area contributed by atoms with Crippen molar-refractivity contribution in [2.24, 2.45) is 10.7 Å². The zero-order valence-corrected chi connectivity index (χ0v) is 16.6. The molecule has 2 amide bonds. The molecule has 0 saturated heterocycles. The molecule has 5 nitrogen and oxygen atoms in total. The number of aryl methyl sites for hydroxylation is 1. The molecule has 3 aromatic rings. The van der Waals surface area contributed by atoms with Gasteiger partial charge in [-0.2, -0.15) is 4.99 Å². The summed E-state index contributed by atoms with van der Waals surface area (Å²) in [6.45, 7) is 2.39. The summed E-state index contributed by atoms with van der Waals surface area (Å²) in [5.41, 5.74) is 7.97. The Morgan fingerprint density at radius 1 is 1.11 bits per heavy atom. The summed E-state index contributed by atoms with van der Waals surface area (Å²) in [7, 11) is 0. The molecule has 0 aliphatic heterocycles. The Labute approximate surface area is 169 Å². The second-order valence-electron chi connectivity index (χ2n) is 5.86. The summed E-state index contributed by atoms with van der Waals surface area (Å²) in [5, 5.41) is 2.60. The van der Waals surface area contributed by atoms with Crippen molar-refractivity contribution in [1.82, 2.24) is 4.57 Å². The van der Waals surface area contributed by atoms with E-state index in [1.807, 2.05) is 22.9 Å². The number of primary amides is 1. The molecule has 0 aliphatic rings. The van der Waals surface area contributed by atoms with Gasteiger partial charge in [0, 0.05) is 22.2 Å². The topological polar surface area (TPSA) is 77.4 Å². The van der Waals surface area contributed by atoms with Crippen molar-refractivity contribution in [2.75, 3.05) is 0 Å². The molecule has 0 unspecified atom stereocenters. The second kappa shape index (κ2) is 8.08. The van der Waals surface area contributed by atoms with Crippen LogP contribution in [0.1, 0.15) is 32.0 Å². The van der Waals surface area contributed by atoms with Crippen LogP contribution in [0.5, 0.6) is 0 Å². The van der Waals surface area contributed by atoms with Crippen molar-refractivity contribution < 1.29 is 9.59 Å². The Morgan fingerprint density at radius 3 is 2.59 bits per heavy atom. The van der Waals surface area contributed by atoms with Crippen molar-refractivity contribution in [3.8, 4) is 0 Å². The number of hydrogen-bond acceptors (Lipinski definition) is 3. The molecule has 27 heavy (non-hydrogen) atoms. The van der Waals surface area contributed by atoms with Gasteiger partial charge < -0.3 is 10.3 Å². The Balaban J connectivity index is 1.95. The van der Waals surface area contributed by atoms with Crippen LogP contribution < -0.4 is 10.5 Å². The van der Waals surface area contributed by atoms with Crippen LogP contribution in [0.25, 0.3) is 0 Å². The van der Waals surface area contributed by atoms with Gasteiger partial charge in [0.15, 0.2) is 4.80 Å². The highest BCUT2D eigenvalue weighted by molar-refractivity contribution is 7.07. The van der Waals surface area contributed by atoms with E-state index in [1.54, 1.807) is 30.3 Å². The lowest BCUT2D eigenvalue weighted by atomic mass is 10.1. The quantitative estimate of drug-likeness (QED) is 0.691. The monoisotopic (exact) mass is 419 g/mol. The Kier molecular flexibility index (Phi) is 5.79. The van der Waals surface area contributed by atoms with E-state index in [1.165, 1.54) is 17.4 Å². The maximum atomic E-state index is 12.5. The summed E-state index contributed by atoms with van der Waals surface area (Å²) in [6, 6.07) is 11.7. The van der Waals surface area contributed by atoms with Crippen LogP contribution >= 0.6 is 34.5 Å². The van der Waals surface area contributed by atoms with E-state index in [0.717, 1.165) is 11.3 Å². The highest BCUT2D eigenvalue weighted by Crippen LogP contribution is 2.22. The van der Waals surface area contributed by atoms with Crippen molar-refractivity contribution in [2.45, 2.75) is 13.5 Å². The molecular formula is C19H15Cl2N3O2S. The minimum absolute atomic E-state index is 0.302. The van der Waals surface area contributed by atoms with Crippen LogP contribution in [-0.4, -0.2) is 16.4 Å². The number of thiazole rings is 1. The highest BCUT2D eigenvalue weighted by atomic mass is 35.5. The molecule has 0 fully saturated rings. The zero-order chi connectivity index (χ0) is 19.6. The van der Waals surface area contributed by atoms with Gasteiger partial charge in [-0.05, 0) is 42.8 Å². The smallest absolute Gasteiger partial charge is 0.279 e. The predicted octanol–water partition coefficient (Wildman–Crippen LogP) is 4.05. The number of halogens is 2. The van der Waals surface area contributed by atoms with Gasteiger partial charge in [0.1, 0.15) is 0 Å². The third-order valence-corrected chi connectivity index (χ3v) is 5.63. The van der Waals surface area contributed by atoms with Gasteiger partial charge in [-0.25, -0.2) is 0 Å². The van der Waals surface area contributed by atoms with Crippen molar-refractivity contribution in [3.05, 3.63) is 85.1 Å². The number of aromatic nitrogens is 1. The van der Waals surface area contributed by atoms with E-state index in [-0.39, 0.29) is 0 Å². The molecule has 1 aromatic heterocycles. The highest BCUT2D eigenvalue weighted by Gasteiger charge is 2.10. The fraction of sp³-hybridized carbons (Fsp3) is 0.105. The van der Waals surface area contributed by atoms with Gasteiger partial charge >= 0.3 is 0 Å². The molecule has 0 saturated carbocycles. The third kappa shape index (κ3) is 4.47. The van der Waals surface area contributed by atoms with Crippen LogP contribution in [0, 0.1) is 6.92 Å². The molecule has 0 spiro atoms. The fourth-order valence-electron chi connectivity index (χ4n) is 2.48. The maximum absolute atomic E-state index is 12.5. The summed E-state index contributed by atoms with van der Waals surface area (Å²) >= 11 is 13.2. The van der Waals surface area contributed by atoms with Gasteiger partial charge in [0.25, 0.3) is 5.91 Å². The molecular weight excluding hydrogens is 405 g/mol. The van der Waals surface area contributed by atoms with E-state index in [0.29, 0.717) is 32.5 Å². The minimum Gasteiger partial charge on any atom is -0.366 e. The van der Waals surface area contributed by atoms with Crippen molar-refractivity contribution in [3.63, 3.8) is 0 Å². The minimum atomic E-state index is -0.483. The molecule has 0 bridgehead atoms. The predicted molar refractivity (Wildman–Crippen MR) is 107 cm³/mol. The standard InChI is InChI=1S/C19H15Cl2N3O2S/c1-11-10-27-19(23-18(26)14-5-6-15(20)16(21)8-14)24(11)9-12-3-2-4-13(7-12)17(22)25/h2-8,10H,9H2,1H3,(H2,22,25). The Bertz CT molecular complexity index is 1100. The molecule has 2 aromatic carbocycles. The zero-order valence-electron chi connectivity index (χ0n) is 14.3. The van der Waals surface area contributed by atoms with Crippen molar-refractivity contribution in [1.29, 1.82) is 0 Å². The summed E-state index contributed by atoms with van der Waals surface area (Å²) < 4.78 is 1.90. The average Bonchev–Trinajstić information content (AvgIpc) is 2.97. The third-order valence-electron chi connectivity index (χ3n) is 3.91. The number of benzene rings is 2. The first-order valence-electron chi connectivity index (χ1n) is 7.93. The number of carbonyl (C=O) groups excluding carboxylic acids is 2. The van der Waals surface area contributed by atoms with E-state index in [4.69, 9.17) is 28.9 Å². The number of nitrogens with two attached hydrogens (primary N) is 1. The molecule has 8 heteroatoms. The molecule has 138 valence electrons. The van der Waals surface area contributed by atoms with Crippen LogP contribution in [0.3, 0.4) is 0 Å². The van der Waals surface area contributed by atoms with Crippen LogP contribution in [-0.2, 0) is 6.54 Å². The van der Waals surface area contributed by atoms with Gasteiger partial charge in [-0.3, -0.25) is 9.59 Å². The molecule has 0 aliphatic carbocycles. The fourth-order valence-corrected chi connectivity index (χ4v) is 3.65. The lowest BCUT2D eigenvalue weighted by Crippen LogP contribution is -2.19. The molecule has 1 heterocycles. The Morgan fingerprint density at radius 2 is 1.89 bits per heavy atom. The molecule has 2 N–H and O–H groups in total. The van der Waals surface area contributed by atoms with Crippen LogP contribution in [0.4, 0.5) is 0 Å². The summed E-state index contributed by atoms with van der Waals surface area (Å²) in [4.78, 5) is 28.6. The first-order chi connectivity index (χ1) is 12.8. The van der Waals surface area contributed by atoms with Gasteiger partial charge in [-0.1, -0.05) is 35.3 Å². The number of rotatable bonds is 4. The number of amides is 2. The van der Waals surface area contributed by atoms with Gasteiger partial charge in [-0.15, -0.1) is 11.3 Å². The number of carbonyl (C=O) groups is 2. The SMILES string of the molecule is Cc1csc(=NC(=O)c2ccc(Cl)c(Cl)c2)n1Cc1cccc(C(N)=O)c1. The van der Waals surface area contributed by atoms with E-state index in [9.17, 15) is 9.59 Å². The number of hydrogen-bond donors (Lipinski definition) is 1. The number of nitrogens with zero attached hydrogens (tertiary/aromatic N) is 2. The van der Waals surface area contributed by atoms with Gasteiger partial charge in [0.2, 0.25) is 5.91 Å². The van der Waals surface area contributed by atoms with Crippen LogP contribution in [0.2, 0.25) is 10.0 Å². The lowest BCUT2D eigenvalue weighted by Gasteiger charge is -2.07. The van der Waals surface area contributed by atoms with E-state index in [2.05, 4.69) is 4.99 Å². The summed E-state index contributed by atoms with van der Waals surface area (Å²) in [6.07, 6.45) is 0. The van der Waals surface area contributed by atoms with Crippen molar-refractivity contribution >= 4 is 46.4 Å². The average molecular weight is 420 g/mol. The first kappa shape index (κ1) is 19.4. The van der Waals surface area contributed by atoms with E-state index >= 15 is 0 Å². The summed E-state index contributed by atoms with van der Waals surface area (Å²) in [5.74, 6) is -0.890. The Hall–Kier alpha value is -2.41. The normalized spacial score (nSPS) is 11.6. The van der Waals surface area contributed by atoms with E-state index < -0.39 is 11.8 Å². The lowest BCUT2D eigenvalue weighted by molar-refractivity contribution is 0.0991. The molecule has 0 radical (unpaired) electrons. The van der Waals surface area contributed by atoms with Crippen LogP contribution in [0.15, 0.2) is 52.8 Å². The second-order valence-corrected chi connectivity index (χ2v) is 7.51. The first-order valence-corrected chi connectivity index (χ1v) is 9.56. The molecule has 3 rings (SSSR count). The maximum Gasteiger partial charge on any atom is 0.279 e. The van der Waals surface area contributed by atoms with Gasteiger partial charge in [0.05, 0.1) is 16.6 Å².